The SMILES string of the molecule is CCOC(=O)c1cnc(SCC(=O)OCC(=O)Nc2ncc(Cl)c(C)c2Cl)nc1N. The third-order valence-electron chi connectivity index (χ3n) is 3.44. The van der Waals surface area contributed by atoms with Gasteiger partial charge in [0.15, 0.2) is 17.6 Å². The number of hydrogen-bond acceptors (Lipinski definition) is 10. The number of pyridine rings is 1. The molecule has 0 aliphatic heterocycles. The largest absolute Gasteiger partial charge is 0.462 e. The Balaban J connectivity index is 1.82. The first-order valence-electron chi connectivity index (χ1n) is 8.41. The number of hydrogen-bond donors (Lipinski definition) is 2. The summed E-state index contributed by atoms with van der Waals surface area (Å²) in [4.78, 5) is 47.2. The van der Waals surface area contributed by atoms with Crippen LogP contribution >= 0.6 is 35.0 Å². The number of anilines is 2. The molecule has 2 aromatic rings. The summed E-state index contributed by atoms with van der Waals surface area (Å²) >= 11 is 12.9. The number of esters is 2. The van der Waals surface area contributed by atoms with Crippen LogP contribution in [0.4, 0.5) is 11.6 Å². The lowest BCUT2D eigenvalue weighted by molar-refractivity contribution is -0.144. The van der Waals surface area contributed by atoms with Gasteiger partial charge in [-0.05, 0) is 19.4 Å². The molecule has 0 radical (unpaired) electrons. The fraction of sp³-hybridized carbons (Fsp3) is 0.294. The number of aromatic nitrogens is 3. The molecule has 0 bridgehead atoms. The molecule has 1 amide bonds. The molecule has 160 valence electrons. The zero-order valence-electron chi connectivity index (χ0n) is 15.9. The Morgan fingerprint density at radius 1 is 1.20 bits per heavy atom. The maximum absolute atomic E-state index is 11.9. The predicted octanol–water partition coefficient (Wildman–Crippen LogP) is 2.52. The van der Waals surface area contributed by atoms with Gasteiger partial charge >= 0.3 is 11.9 Å². The van der Waals surface area contributed by atoms with Gasteiger partial charge in [0, 0.05) is 12.4 Å². The lowest BCUT2D eigenvalue weighted by Crippen LogP contribution is -2.22. The van der Waals surface area contributed by atoms with Crippen LogP contribution in [0.5, 0.6) is 0 Å². The van der Waals surface area contributed by atoms with Crippen LogP contribution in [-0.4, -0.2) is 51.8 Å². The van der Waals surface area contributed by atoms with Gasteiger partial charge in [-0.25, -0.2) is 19.7 Å². The van der Waals surface area contributed by atoms with E-state index in [1.54, 1.807) is 13.8 Å². The van der Waals surface area contributed by atoms with E-state index in [1.807, 2.05) is 0 Å². The highest BCUT2D eigenvalue weighted by Gasteiger charge is 2.16. The fourth-order valence-corrected chi connectivity index (χ4v) is 2.95. The van der Waals surface area contributed by atoms with Crippen LogP contribution in [0.25, 0.3) is 0 Å². The van der Waals surface area contributed by atoms with Crippen molar-refractivity contribution in [2.24, 2.45) is 0 Å². The molecule has 0 unspecified atom stereocenters. The van der Waals surface area contributed by atoms with Crippen molar-refractivity contribution in [2.75, 3.05) is 30.0 Å². The predicted molar refractivity (Wildman–Crippen MR) is 112 cm³/mol. The molecule has 0 saturated carbocycles. The third-order valence-corrected chi connectivity index (χ3v) is 5.11. The molecule has 13 heteroatoms. The first-order chi connectivity index (χ1) is 14.2. The van der Waals surface area contributed by atoms with E-state index in [1.165, 1.54) is 12.4 Å². The van der Waals surface area contributed by atoms with E-state index >= 15 is 0 Å². The molecule has 0 spiro atoms. The van der Waals surface area contributed by atoms with Crippen LogP contribution < -0.4 is 11.1 Å². The van der Waals surface area contributed by atoms with Gasteiger partial charge in [-0.2, -0.15) is 0 Å². The zero-order valence-corrected chi connectivity index (χ0v) is 18.2. The molecule has 0 aromatic carbocycles. The molecular formula is C17H17Cl2N5O5S. The molecule has 0 saturated heterocycles. The number of carbonyl (C=O) groups is 3. The Bertz CT molecular complexity index is 976. The van der Waals surface area contributed by atoms with Crippen molar-refractivity contribution in [3.63, 3.8) is 0 Å². The monoisotopic (exact) mass is 473 g/mol. The Hall–Kier alpha value is -2.63. The molecule has 0 aliphatic rings. The number of nitrogens with zero attached hydrogens (tertiary/aromatic N) is 3. The van der Waals surface area contributed by atoms with E-state index < -0.39 is 24.5 Å². The van der Waals surface area contributed by atoms with E-state index in [2.05, 4.69) is 20.3 Å². The number of halogens is 2. The lowest BCUT2D eigenvalue weighted by atomic mass is 10.3. The minimum atomic E-state index is -0.682. The standard InChI is InChI=1S/C17H17Cl2N5O5S/c1-3-28-16(27)9-4-22-17(24-14(9)20)30-7-12(26)29-6-11(25)23-15-13(19)8(2)10(18)5-21-15/h4-5H,3,6-7H2,1-2H3,(H2,20,22,24)(H,21,23,25). The molecule has 30 heavy (non-hydrogen) atoms. The molecule has 2 heterocycles. The Kier molecular flexibility index (Phi) is 8.63. The number of nitrogen functional groups attached to an aromatic ring is 1. The van der Waals surface area contributed by atoms with Crippen LogP contribution in [0.3, 0.4) is 0 Å². The van der Waals surface area contributed by atoms with Crippen molar-refractivity contribution in [3.05, 3.63) is 33.6 Å². The molecule has 0 atom stereocenters. The summed E-state index contributed by atoms with van der Waals surface area (Å²) in [5.74, 6) is -2.07. The van der Waals surface area contributed by atoms with Gasteiger partial charge < -0.3 is 20.5 Å². The number of carbonyl (C=O) groups excluding carboxylic acids is 3. The van der Waals surface area contributed by atoms with Crippen molar-refractivity contribution >= 4 is 64.4 Å². The third kappa shape index (κ3) is 6.44. The Labute approximate surface area is 185 Å². The van der Waals surface area contributed by atoms with Gasteiger partial charge in [0.1, 0.15) is 11.4 Å². The van der Waals surface area contributed by atoms with Crippen LogP contribution in [0.2, 0.25) is 10.0 Å². The number of thioether (sulfide) groups is 1. The van der Waals surface area contributed by atoms with E-state index in [9.17, 15) is 14.4 Å². The van der Waals surface area contributed by atoms with Crippen molar-refractivity contribution in [1.82, 2.24) is 15.0 Å². The summed E-state index contributed by atoms with van der Waals surface area (Å²) in [6.07, 6.45) is 2.56. The van der Waals surface area contributed by atoms with Crippen LogP contribution in [-0.2, 0) is 19.1 Å². The fourth-order valence-electron chi connectivity index (χ4n) is 1.94. The summed E-state index contributed by atoms with van der Waals surface area (Å²) in [6.45, 7) is 2.98. The van der Waals surface area contributed by atoms with Crippen LogP contribution in [0.15, 0.2) is 17.6 Å². The molecule has 2 rings (SSSR count). The van der Waals surface area contributed by atoms with E-state index in [0.29, 0.717) is 10.6 Å². The van der Waals surface area contributed by atoms with Gasteiger partial charge in [-0.1, -0.05) is 35.0 Å². The van der Waals surface area contributed by atoms with Crippen molar-refractivity contribution < 1.29 is 23.9 Å². The summed E-state index contributed by atoms with van der Waals surface area (Å²) in [7, 11) is 0. The number of nitrogens with one attached hydrogen (secondary N) is 1. The first-order valence-corrected chi connectivity index (χ1v) is 10.2. The smallest absolute Gasteiger partial charge is 0.343 e. The van der Waals surface area contributed by atoms with Gasteiger partial charge in [-0.15, -0.1) is 0 Å². The minimum Gasteiger partial charge on any atom is -0.462 e. The summed E-state index contributed by atoms with van der Waals surface area (Å²) in [6, 6.07) is 0. The highest BCUT2D eigenvalue weighted by molar-refractivity contribution is 7.99. The highest BCUT2D eigenvalue weighted by Crippen LogP contribution is 2.28. The van der Waals surface area contributed by atoms with Crippen molar-refractivity contribution in [3.8, 4) is 0 Å². The second kappa shape index (κ2) is 11.0. The Morgan fingerprint density at radius 3 is 2.60 bits per heavy atom. The summed E-state index contributed by atoms with van der Waals surface area (Å²) in [5.41, 5.74) is 6.30. The molecule has 0 aliphatic carbocycles. The summed E-state index contributed by atoms with van der Waals surface area (Å²) in [5, 5.41) is 3.15. The summed E-state index contributed by atoms with van der Waals surface area (Å²) < 4.78 is 9.71. The Morgan fingerprint density at radius 2 is 1.93 bits per heavy atom. The van der Waals surface area contributed by atoms with Crippen LogP contribution in [0.1, 0.15) is 22.8 Å². The lowest BCUT2D eigenvalue weighted by Gasteiger charge is -2.09. The quantitative estimate of drug-likeness (QED) is 0.332. The van der Waals surface area contributed by atoms with Gasteiger partial charge in [0.2, 0.25) is 0 Å². The molecular weight excluding hydrogens is 457 g/mol. The molecule has 10 nitrogen and oxygen atoms in total. The van der Waals surface area contributed by atoms with Crippen molar-refractivity contribution in [1.29, 1.82) is 0 Å². The van der Waals surface area contributed by atoms with Gasteiger partial charge in [0.25, 0.3) is 5.91 Å². The molecule has 2 aromatic heterocycles. The topological polar surface area (TPSA) is 146 Å². The van der Waals surface area contributed by atoms with Crippen LogP contribution in [0, 0.1) is 6.92 Å². The number of nitrogens with two attached hydrogens (primary N) is 1. The maximum atomic E-state index is 11.9. The number of rotatable bonds is 8. The molecule has 3 N–H and O–H groups in total. The average Bonchev–Trinajstić information content (AvgIpc) is 2.71. The molecule has 0 fully saturated rings. The minimum absolute atomic E-state index is 0.0326. The number of amides is 1. The average molecular weight is 474 g/mol. The normalized spacial score (nSPS) is 10.4. The van der Waals surface area contributed by atoms with Crippen molar-refractivity contribution in [2.45, 2.75) is 19.0 Å². The maximum Gasteiger partial charge on any atom is 0.343 e. The highest BCUT2D eigenvalue weighted by atomic mass is 35.5. The van der Waals surface area contributed by atoms with Gasteiger partial charge in [0.05, 0.1) is 22.4 Å². The second-order valence-electron chi connectivity index (χ2n) is 5.56. The first kappa shape index (κ1) is 23.6. The van der Waals surface area contributed by atoms with E-state index in [0.717, 1.165) is 11.8 Å². The number of ether oxygens (including phenoxy) is 2. The second-order valence-corrected chi connectivity index (χ2v) is 7.29. The van der Waals surface area contributed by atoms with E-state index in [-0.39, 0.29) is 39.7 Å². The van der Waals surface area contributed by atoms with E-state index in [4.69, 9.17) is 38.4 Å². The van der Waals surface area contributed by atoms with Gasteiger partial charge in [-0.3, -0.25) is 9.59 Å². The zero-order chi connectivity index (χ0) is 22.3.